The Morgan fingerprint density at radius 2 is 2.56 bits per heavy atom. The van der Waals surface area contributed by atoms with Crippen LogP contribution in [-0.4, -0.2) is 28.3 Å². The third kappa shape index (κ3) is 3.06. The molecule has 2 N–H and O–H groups in total. The first-order valence-electron chi connectivity index (χ1n) is 6.15. The number of hydrogen-bond donors (Lipinski definition) is 1. The van der Waals surface area contributed by atoms with Crippen molar-refractivity contribution in [2.75, 3.05) is 6.61 Å². The van der Waals surface area contributed by atoms with Gasteiger partial charge in [0.1, 0.15) is 0 Å². The van der Waals surface area contributed by atoms with E-state index in [2.05, 4.69) is 22.7 Å². The van der Waals surface area contributed by atoms with Gasteiger partial charge >= 0.3 is 0 Å². The van der Waals surface area contributed by atoms with Crippen LogP contribution in [0.15, 0.2) is 12.5 Å². The summed E-state index contributed by atoms with van der Waals surface area (Å²) in [6.07, 6.45) is 8.58. The number of ether oxygens (including phenoxy) is 1. The Kier molecular flexibility index (Phi) is 3.96. The average molecular weight is 223 g/mol. The van der Waals surface area contributed by atoms with E-state index in [1.54, 1.807) is 0 Å². The fourth-order valence-electron chi connectivity index (χ4n) is 2.05. The highest BCUT2D eigenvalue weighted by atomic mass is 16.5. The van der Waals surface area contributed by atoms with E-state index in [9.17, 15) is 0 Å². The fraction of sp³-hybridized carbons (Fsp3) is 0.750. The van der Waals surface area contributed by atoms with Crippen LogP contribution in [0.2, 0.25) is 0 Å². The summed E-state index contributed by atoms with van der Waals surface area (Å²) < 4.78 is 7.71. The molecule has 0 spiro atoms. The molecule has 0 radical (unpaired) electrons. The third-order valence-electron chi connectivity index (χ3n) is 3.12. The summed E-state index contributed by atoms with van der Waals surface area (Å²) >= 11 is 0. The first-order chi connectivity index (χ1) is 7.78. The Labute approximate surface area is 96.8 Å². The molecule has 0 saturated carbocycles. The van der Waals surface area contributed by atoms with Gasteiger partial charge in [-0.25, -0.2) is 4.98 Å². The largest absolute Gasteiger partial charge is 0.376 e. The lowest BCUT2D eigenvalue weighted by molar-refractivity contribution is 0.0970. The van der Waals surface area contributed by atoms with Crippen LogP contribution in [0.4, 0.5) is 0 Å². The number of nitrogens with zero attached hydrogens (tertiary/aromatic N) is 2. The number of imidazole rings is 1. The van der Waals surface area contributed by atoms with Gasteiger partial charge in [0.25, 0.3) is 0 Å². The zero-order valence-corrected chi connectivity index (χ0v) is 9.93. The zero-order chi connectivity index (χ0) is 11.4. The van der Waals surface area contributed by atoms with Gasteiger partial charge in [-0.3, -0.25) is 0 Å². The van der Waals surface area contributed by atoms with Crippen LogP contribution < -0.4 is 5.73 Å². The highest BCUT2D eigenvalue weighted by molar-refractivity contribution is 4.99. The van der Waals surface area contributed by atoms with E-state index in [-0.39, 0.29) is 6.04 Å². The highest BCUT2D eigenvalue weighted by Gasteiger charge is 2.16. The summed E-state index contributed by atoms with van der Waals surface area (Å²) in [5, 5.41) is 0. The van der Waals surface area contributed by atoms with Crippen LogP contribution in [-0.2, 0) is 17.7 Å². The molecule has 0 aliphatic carbocycles. The van der Waals surface area contributed by atoms with E-state index in [0.717, 1.165) is 31.7 Å². The molecule has 1 fully saturated rings. The van der Waals surface area contributed by atoms with E-state index in [1.165, 1.54) is 12.8 Å². The van der Waals surface area contributed by atoms with Crippen molar-refractivity contribution in [3.8, 4) is 0 Å². The number of hydrogen-bond acceptors (Lipinski definition) is 3. The molecule has 0 bridgehead atoms. The predicted molar refractivity (Wildman–Crippen MR) is 63.2 cm³/mol. The predicted octanol–water partition coefficient (Wildman–Crippen LogP) is 1.34. The van der Waals surface area contributed by atoms with Gasteiger partial charge in [0.05, 0.1) is 18.1 Å². The normalized spacial score (nSPS) is 22.5. The Hall–Kier alpha value is -0.870. The van der Waals surface area contributed by atoms with Crippen molar-refractivity contribution < 1.29 is 4.74 Å². The molecular formula is C12H21N3O. The Morgan fingerprint density at radius 3 is 3.25 bits per heavy atom. The maximum Gasteiger partial charge on any atom is 0.0950 e. The fourth-order valence-corrected chi connectivity index (χ4v) is 2.05. The van der Waals surface area contributed by atoms with Crippen molar-refractivity contribution in [2.45, 2.75) is 51.3 Å². The average Bonchev–Trinajstić information content (AvgIpc) is 2.91. The molecular weight excluding hydrogens is 202 g/mol. The standard InChI is InChI=1S/C12H21N3O/c1-2-10(13)6-11-7-15(9-14-11)8-12-4-3-5-16-12/h7,9-10,12H,2-6,8,13H2,1H3. The quantitative estimate of drug-likeness (QED) is 0.819. The number of aromatic nitrogens is 2. The molecule has 1 aliphatic heterocycles. The first-order valence-corrected chi connectivity index (χ1v) is 6.15. The van der Waals surface area contributed by atoms with Crippen LogP contribution in [0.1, 0.15) is 31.9 Å². The van der Waals surface area contributed by atoms with Gasteiger partial charge in [-0.2, -0.15) is 0 Å². The van der Waals surface area contributed by atoms with Gasteiger partial charge in [-0.15, -0.1) is 0 Å². The minimum absolute atomic E-state index is 0.228. The number of nitrogens with two attached hydrogens (primary N) is 1. The van der Waals surface area contributed by atoms with Crippen LogP contribution in [0, 0.1) is 0 Å². The maximum absolute atomic E-state index is 5.90. The SMILES string of the molecule is CCC(N)Cc1cn(CC2CCCO2)cn1. The Balaban J connectivity index is 1.86. The van der Waals surface area contributed by atoms with Crippen LogP contribution >= 0.6 is 0 Å². The van der Waals surface area contributed by atoms with E-state index in [4.69, 9.17) is 10.5 Å². The van der Waals surface area contributed by atoms with Crippen LogP contribution in [0.5, 0.6) is 0 Å². The van der Waals surface area contributed by atoms with Crippen molar-refractivity contribution in [3.63, 3.8) is 0 Å². The molecule has 2 unspecified atom stereocenters. The van der Waals surface area contributed by atoms with E-state index >= 15 is 0 Å². The lowest BCUT2D eigenvalue weighted by atomic mass is 10.1. The topological polar surface area (TPSA) is 53.1 Å². The van der Waals surface area contributed by atoms with Gasteiger partial charge in [0, 0.05) is 31.8 Å². The third-order valence-corrected chi connectivity index (χ3v) is 3.12. The van der Waals surface area contributed by atoms with Crippen LogP contribution in [0.25, 0.3) is 0 Å². The monoisotopic (exact) mass is 223 g/mol. The van der Waals surface area contributed by atoms with Crippen molar-refractivity contribution >= 4 is 0 Å². The Morgan fingerprint density at radius 1 is 1.69 bits per heavy atom. The molecule has 2 atom stereocenters. The molecule has 2 heterocycles. The van der Waals surface area contributed by atoms with Gasteiger partial charge in [-0.05, 0) is 19.3 Å². The minimum Gasteiger partial charge on any atom is -0.376 e. The molecule has 1 saturated heterocycles. The first kappa shape index (κ1) is 11.6. The summed E-state index contributed by atoms with van der Waals surface area (Å²) in [6, 6.07) is 0.228. The van der Waals surface area contributed by atoms with Crippen molar-refractivity contribution in [3.05, 3.63) is 18.2 Å². The van der Waals surface area contributed by atoms with E-state index in [1.807, 2.05) is 6.33 Å². The second-order valence-electron chi connectivity index (χ2n) is 4.57. The van der Waals surface area contributed by atoms with E-state index in [0.29, 0.717) is 6.10 Å². The van der Waals surface area contributed by atoms with Crippen molar-refractivity contribution in [1.82, 2.24) is 9.55 Å². The molecule has 16 heavy (non-hydrogen) atoms. The van der Waals surface area contributed by atoms with Crippen molar-refractivity contribution in [2.24, 2.45) is 5.73 Å². The summed E-state index contributed by atoms with van der Waals surface area (Å²) in [5.74, 6) is 0. The lowest BCUT2D eigenvalue weighted by Gasteiger charge is -2.09. The van der Waals surface area contributed by atoms with Crippen LogP contribution in [0.3, 0.4) is 0 Å². The van der Waals surface area contributed by atoms with Crippen molar-refractivity contribution in [1.29, 1.82) is 0 Å². The van der Waals surface area contributed by atoms with Gasteiger partial charge in [0.15, 0.2) is 0 Å². The maximum atomic E-state index is 5.90. The minimum atomic E-state index is 0.228. The summed E-state index contributed by atoms with van der Waals surface area (Å²) in [6.45, 7) is 3.94. The molecule has 0 amide bonds. The molecule has 4 heteroatoms. The summed E-state index contributed by atoms with van der Waals surface area (Å²) in [5.41, 5.74) is 6.99. The van der Waals surface area contributed by atoms with Gasteiger partial charge in [-0.1, -0.05) is 6.92 Å². The lowest BCUT2D eigenvalue weighted by Crippen LogP contribution is -2.21. The summed E-state index contributed by atoms with van der Waals surface area (Å²) in [4.78, 5) is 4.37. The zero-order valence-electron chi connectivity index (χ0n) is 9.93. The molecule has 1 aliphatic rings. The number of rotatable bonds is 5. The molecule has 4 nitrogen and oxygen atoms in total. The second kappa shape index (κ2) is 5.46. The molecule has 1 aromatic heterocycles. The molecule has 1 aromatic rings. The van der Waals surface area contributed by atoms with Gasteiger partial charge in [0.2, 0.25) is 0 Å². The van der Waals surface area contributed by atoms with E-state index < -0.39 is 0 Å². The molecule has 2 rings (SSSR count). The Bertz CT molecular complexity index is 318. The summed E-state index contributed by atoms with van der Waals surface area (Å²) in [7, 11) is 0. The molecule has 0 aromatic carbocycles. The van der Waals surface area contributed by atoms with Gasteiger partial charge < -0.3 is 15.0 Å². The highest BCUT2D eigenvalue weighted by Crippen LogP contribution is 2.14. The second-order valence-corrected chi connectivity index (χ2v) is 4.57. The molecule has 90 valence electrons. The smallest absolute Gasteiger partial charge is 0.0950 e.